The fourth-order valence-electron chi connectivity index (χ4n) is 4.20. The van der Waals surface area contributed by atoms with Gasteiger partial charge in [0.05, 0.1) is 18.6 Å². The summed E-state index contributed by atoms with van der Waals surface area (Å²) in [4.78, 5) is 28.8. The van der Waals surface area contributed by atoms with Gasteiger partial charge in [0.25, 0.3) is 0 Å². The Labute approximate surface area is 235 Å². The molecule has 0 unspecified atom stereocenters. The predicted octanol–water partition coefficient (Wildman–Crippen LogP) is 4.16. The third-order valence-electron chi connectivity index (χ3n) is 6.20. The van der Waals surface area contributed by atoms with E-state index >= 15 is 0 Å². The smallest absolute Gasteiger partial charge is 0.244 e. The highest BCUT2D eigenvalue weighted by atomic mass is 32.2. The quantitative estimate of drug-likeness (QED) is 0.315. The van der Waals surface area contributed by atoms with E-state index in [9.17, 15) is 22.4 Å². The fraction of sp³-hybridized carbons (Fsp3) is 0.333. The lowest BCUT2D eigenvalue weighted by Crippen LogP contribution is -2.53. The summed E-state index contributed by atoms with van der Waals surface area (Å²) in [5.41, 5.74) is 1.72. The SMILES string of the molecule is CCCNC(=O)[C@@H](Cc1ccccc1)N(Cc1ccc(F)cc1)C(=O)CN(c1ccc(OCC)cc1)S(C)(=O)=O. The maximum atomic E-state index is 14.0. The van der Waals surface area contributed by atoms with Gasteiger partial charge in [-0.05, 0) is 60.9 Å². The number of nitrogens with one attached hydrogen (secondary N) is 1. The van der Waals surface area contributed by atoms with Crippen molar-refractivity contribution in [3.63, 3.8) is 0 Å². The van der Waals surface area contributed by atoms with Crippen molar-refractivity contribution >= 4 is 27.5 Å². The van der Waals surface area contributed by atoms with E-state index in [1.165, 1.54) is 17.0 Å². The second kappa shape index (κ2) is 14.5. The maximum absolute atomic E-state index is 14.0. The number of benzene rings is 3. The number of hydrogen-bond acceptors (Lipinski definition) is 5. The van der Waals surface area contributed by atoms with Crippen molar-refractivity contribution in [1.29, 1.82) is 0 Å². The lowest BCUT2D eigenvalue weighted by Gasteiger charge is -2.33. The lowest BCUT2D eigenvalue weighted by molar-refractivity contribution is -0.140. The van der Waals surface area contributed by atoms with Crippen molar-refractivity contribution in [2.45, 2.75) is 39.3 Å². The number of ether oxygens (including phenoxy) is 1. The summed E-state index contributed by atoms with van der Waals surface area (Å²) in [6, 6.07) is 20.4. The minimum absolute atomic E-state index is 0.0168. The molecule has 0 saturated heterocycles. The van der Waals surface area contributed by atoms with Crippen LogP contribution in [0.15, 0.2) is 78.9 Å². The molecule has 1 N–H and O–H groups in total. The van der Waals surface area contributed by atoms with Crippen molar-refractivity contribution in [1.82, 2.24) is 10.2 Å². The first-order valence-electron chi connectivity index (χ1n) is 13.2. The van der Waals surface area contributed by atoms with Crippen LogP contribution in [0.1, 0.15) is 31.4 Å². The van der Waals surface area contributed by atoms with E-state index in [0.29, 0.717) is 30.9 Å². The maximum Gasteiger partial charge on any atom is 0.244 e. The van der Waals surface area contributed by atoms with Crippen LogP contribution in [0.25, 0.3) is 0 Å². The molecule has 0 aliphatic heterocycles. The first-order chi connectivity index (χ1) is 19.1. The first-order valence-corrected chi connectivity index (χ1v) is 15.0. The minimum atomic E-state index is -3.87. The number of hydrogen-bond donors (Lipinski definition) is 1. The molecular weight excluding hydrogens is 533 g/mol. The number of sulfonamides is 1. The van der Waals surface area contributed by atoms with Gasteiger partial charge in [-0.15, -0.1) is 0 Å². The summed E-state index contributed by atoms with van der Waals surface area (Å²) < 4.78 is 45.8. The van der Waals surface area contributed by atoms with Gasteiger partial charge in [-0.25, -0.2) is 12.8 Å². The molecule has 0 aromatic heterocycles. The van der Waals surface area contributed by atoms with E-state index in [0.717, 1.165) is 16.1 Å². The summed E-state index contributed by atoms with van der Waals surface area (Å²) >= 11 is 0. The van der Waals surface area contributed by atoms with Crippen LogP contribution in [0.4, 0.5) is 10.1 Å². The second-order valence-corrected chi connectivity index (χ2v) is 11.2. The molecular formula is C30H36FN3O5S. The van der Waals surface area contributed by atoms with Crippen LogP contribution in [-0.4, -0.2) is 57.1 Å². The van der Waals surface area contributed by atoms with Gasteiger partial charge in [-0.1, -0.05) is 49.4 Å². The fourth-order valence-corrected chi connectivity index (χ4v) is 5.05. The molecule has 0 aliphatic rings. The van der Waals surface area contributed by atoms with Crippen LogP contribution in [0.2, 0.25) is 0 Å². The van der Waals surface area contributed by atoms with Crippen LogP contribution in [0.5, 0.6) is 5.75 Å². The minimum Gasteiger partial charge on any atom is -0.494 e. The highest BCUT2D eigenvalue weighted by Crippen LogP contribution is 2.23. The number of amides is 2. The molecule has 3 aromatic carbocycles. The van der Waals surface area contributed by atoms with Gasteiger partial charge < -0.3 is 15.0 Å². The summed E-state index contributed by atoms with van der Waals surface area (Å²) in [6.45, 7) is 4.10. The Bertz CT molecular complexity index is 1350. The Hall–Kier alpha value is -3.92. The zero-order valence-electron chi connectivity index (χ0n) is 23.0. The standard InChI is InChI=1S/C30H36FN3O5S/c1-4-19-32-30(36)28(20-23-9-7-6-8-10-23)33(21-24-11-13-25(31)14-12-24)29(35)22-34(40(3,37)38)26-15-17-27(18-16-26)39-5-2/h6-18,28H,4-5,19-22H2,1-3H3,(H,32,36)/t28-/m1/s1. The number of anilines is 1. The largest absolute Gasteiger partial charge is 0.494 e. The van der Waals surface area contributed by atoms with Gasteiger partial charge in [0.2, 0.25) is 21.8 Å². The van der Waals surface area contributed by atoms with E-state index in [4.69, 9.17) is 4.74 Å². The summed E-state index contributed by atoms with van der Waals surface area (Å²) in [7, 11) is -3.87. The first kappa shape index (κ1) is 30.6. The molecule has 40 heavy (non-hydrogen) atoms. The highest BCUT2D eigenvalue weighted by Gasteiger charge is 2.33. The summed E-state index contributed by atoms with van der Waals surface area (Å²) in [6.07, 6.45) is 1.94. The van der Waals surface area contributed by atoms with Crippen molar-refractivity contribution < 1.29 is 27.1 Å². The lowest BCUT2D eigenvalue weighted by atomic mass is 10.0. The topological polar surface area (TPSA) is 96.0 Å². The zero-order chi connectivity index (χ0) is 29.1. The van der Waals surface area contributed by atoms with E-state index in [-0.39, 0.29) is 24.6 Å². The molecule has 0 spiro atoms. The summed E-state index contributed by atoms with van der Waals surface area (Å²) in [5.74, 6) is -0.786. The molecule has 0 aliphatic carbocycles. The molecule has 2 amide bonds. The van der Waals surface area contributed by atoms with Crippen molar-refractivity contribution in [2.75, 3.05) is 30.3 Å². The molecule has 0 fully saturated rings. The number of nitrogens with zero attached hydrogens (tertiary/aromatic N) is 2. The average Bonchev–Trinajstić information content (AvgIpc) is 2.94. The molecule has 214 valence electrons. The van der Waals surface area contributed by atoms with Crippen LogP contribution in [0, 0.1) is 5.82 Å². The van der Waals surface area contributed by atoms with Crippen LogP contribution in [-0.2, 0) is 32.6 Å². The van der Waals surface area contributed by atoms with Crippen LogP contribution >= 0.6 is 0 Å². The number of carbonyl (C=O) groups is 2. The van der Waals surface area contributed by atoms with Gasteiger partial charge >= 0.3 is 0 Å². The second-order valence-electron chi connectivity index (χ2n) is 9.34. The van der Waals surface area contributed by atoms with Crippen LogP contribution in [0.3, 0.4) is 0 Å². The zero-order valence-corrected chi connectivity index (χ0v) is 23.9. The van der Waals surface area contributed by atoms with E-state index in [1.807, 2.05) is 44.2 Å². The van der Waals surface area contributed by atoms with E-state index in [2.05, 4.69) is 5.32 Å². The molecule has 3 aromatic rings. The predicted molar refractivity (Wildman–Crippen MR) is 154 cm³/mol. The van der Waals surface area contributed by atoms with Gasteiger partial charge in [0.1, 0.15) is 24.2 Å². The van der Waals surface area contributed by atoms with Gasteiger partial charge in [-0.2, -0.15) is 0 Å². The van der Waals surface area contributed by atoms with Crippen LogP contribution < -0.4 is 14.4 Å². The summed E-state index contributed by atoms with van der Waals surface area (Å²) in [5, 5.41) is 2.88. The van der Waals surface area contributed by atoms with Gasteiger partial charge in [0, 0.05) is 19.5 Å². The molecule has 0 saturated carbocycles. The molecule has 8 nitrogen and oxygen atoms in total. The molecule has 1 atom stereocenters. The van der Waals surface area contributed by atoms with Crippen molar-refractivity contribution in [3.8, 4) is 5.75 Å². The third kappa shape index (κ3) is 8.81. The molecule has 0 bridgehead atoms. The Kier molecular flexibility index (Phi) is 11.1. The van der Waals surface area contributed by atoms with Crippen molar-refractivity contribution in [3.05, 3.63) is 95.8 Å². The Balaban J connectivity index is 2.01. The van der Waals surface area contributed by atoms with Gasteiger partial charge in [0.15, 0.2) is 0 Å². The Morgan fingerprint density at radius 1 is 0.925 bits per heavy atom. The Morgan fingerprint density at radius 3 is 2.15 bits per heavy atom. The van der Waals surface area contributed by atoms with Crippen molar-refractivity contribution in [2.24, 2.45) is 0 Å². The normalized spacial score (nSPS) is 11.9. The molecule has 10 heteroatoms. The van der Waals surface area contributed by atoms with E-state index in [1.54, 1.807) is 36.4 Å². The monoisotopic (exact) mass is 569 g/mol. The molecule has 0 heterocycles. The highest BCUT2D eigenvalue weighted by molar-refractivity contribution is 7.92. The Morgan fingerprint density at radius 2 is 1.57 bits per heavy atom. The average molecular weight is 570 g/mol. The molecule has 3 rings (SSSR count). The third-order valence-corrected chi connectivity index (χ3v) is 7.34. The number of halogens is 1. The number of carbonyl (C=O) groups excluding carboxylic acids is 2. The number of rotatable bonds is 14. The molecule has 0 radical (unpaired) electrons. The van der Waals surface area contributed by atoms with Gasteiger partial charge in [-0.3, -0.25) is 13.9 Å². The van der Waals surface area contributed by atoms with E-state index < -0.39 is 34.3 Å².